The Labute approximate surface area is 417 Å². The molecule has 1 aliphatic heterocycles. The summed E-state index contributed by atoms with van der Waals surface area (Å²) in [5, 5.41) is 22.1. The van der Waals surface area contributed by atoms with Crippen molar-refractivity contribution in [2.45, 2.75) is 188 Å². The zero-order valence-corrected chi connectivity index (χ0v) is 44.4. The maximum atomic E-state index is 15.1. The van der Waals surface area contributed by atoms with Crippen molar-refractivity contribution in [3.63, 3.8) is 0 Å². The molecule has 0 spiro atoms. The SMILES string of the molecule is CCCC[C@@H](C)C[C@@H]1NC(=O)[C@H](Cc2cn(OC)c3ccccc23)N(C)C(=O)[C@H](CC(C)C)NC(=O)[C@H](CC(C)C)N(C)C(=O)[C@H](C[C@H](C)CCCC)NC(=O)[C@@H](CCC#N)NC(=O)[C@H](C)N(C)C1=O. The number of benzene rings is 1. The molecule has 2 aromatic rings. The quantitative estimate of drug-likeness (QED) is 0.139. The number of unbranched alkanes of at least 4 members (excludes halogenated alkanes) is 2. The predicted molar refractivity (Wildman–Crippen MR) is 272 cm³/mol. The molecule has 0 bridgehead atoms. The minimum absolute atomic E-state index is 0.00460. The largest absolute Gasteiger partial charge is 0.417 e. The fourth-order valence-electron chi connectivity index (χ4n) is 9.30. The Balaban J connectivity index is 2.33. The van der Waals surface area contributed by atoms with Gasteiger partial charge in [-0.15, -0.1) is 0 Å². The van der Waals surface area contributed by atoms with E-state index >= 15 is 9.59 Å². The van der Waals surface area contributed by atoms with Crippen molar-refractivity contribution in [3.8, 4) is 6.07 Å². The Morgan fingerprint density at radius 2 is 1.10 bits per heavy atom. The van der Waals surface area contributed by atoms with Gasteiger partial charge in [0.15, 0.2) is 0 Å². The molecule has 390 valence electrons. The zero-order chi connectivity index (χ0) is 52.4. The summed E-state index contributed by atoms with van der Waals surface area (Å²) in [4.78, 5) is 113. The van der Waals surface area contributed by atoms with E-state index in [2.05, 4.69) is 35.1 Å². The number of aromatic nitrogens is 1. The molecule has 0 unspecified atom stereocenters. The molecule has 17 heteroatoms. The molecule has 7 amide bonds. The van der Waals surface area contributed by atoms with E-state index in [-0.39, 0.29) is 68.6 Å². The van der Waals surface area contributed by atoms with Crippen molar-refractivity contribution >= 4 is 52.3 Å². The number of carbonyl (C=O) groups is 7. The third-order valence-corrected chi connectivity index (χ3v) is 13.7. The summed E-state index contributed by atoms with van der Waals surface area (Å²) in [5.74, 6) is -4.38. The lowest BCUT2D eigenvalue weighted by Gasteiger charge is -2.35. The Morgan fingerprint density at radius 3 is 1.61 bits per heavy atom. The summed E-state index contributed by atoms with van der Waals surface area (Å²) in [6.07, 6.45) is 7.68. The van der Waals surface area contributed by atoms with E-state index < -0.39 is 83.6 Å². The molecule has 2 heterocycles. The minimum Gasteiger partial charge on any atom is -0.417 e. The van der Waals surface area contributed by atoms with E-state index in [1.54, 1.807) is 10.9 Å². The van der Waals surface area contributed by atoms with Crippen LogP contribution in [0.25, 0.3) is 10.9 Å². The van der Waals surface area contributed by atoms with Crippen LogP contribution in [0.15, 0.2) is 30.5 Å². The van der Waals surface area contributed by atoms with E-state index in [9.17, 15) is 29.2 Å². The third-order valence-electron chi connectivity index (χ3n) is 13.7. The summed E-state index contributed by atoms with van der Waals surface area (Å²) >= 11 is 0. The van der Waals surface area contributed by atoms with Crippen LogP contribution in [-0.4, -0.2) is 131 Å². The van der Waals surface area contributed by atoms with Gasteiger partial charge in [0.2, 0.25) is 41.4 Å². The van der Waals surface area contributed by atoms with Gasteiger partial charge in [-0.2, -0.15) is 9.99 Å². The molecule has 4 N–H and O–H groups in total. The number of hydrogen-bond acceptors (Lipinski definition) is 9. The molecule has 9 atom stereocenters. The van der Waals surface area contributed by atoms with Crippen molar-refractivity contribution in [1.29, 1.82) is 5.26 Å². The highest BCUT2D eigenvalue weighted by atomic mass is 16.6. The van der Waals surface area contributed by atoms with Crippen LogP contribution >= 0.6 is 0 Å². The average Bonchev–Trinajstić information content (AvgIpc) is 3.68. The van der Waals surface area contributed by atoms with Gasteiger partial charge < -0.3 is 40.8 Å². The maximum Gasteiger partial charge on any atom is 0.245 e. The minimum atomic E-state index is -1.25. The number of likely N-dealkylation sites (N-methyl/N-ethyl adjacent to an activating group) is 3. The highest BCUT2D eigenvalue weighted by Crippen LogP contribution is 2.25. The summed E-state index contributed by atoms with van der Waals surface area (Å²) < 4.78 is 1.58. The van der Waals surface area contributed by atoms with Crippen LogP contribution in [0.3, 0.4) is 0 Å². The second kappa shape index (κ2) is 28.3. The number of para-hydroxylation sites is 1. The Kier molecular flexibility index (Phi) is 23.7. The maximum absolute atomic E-state index is 15.1. The lowest BCUT2D eigenvalue weighted by molar-refractivity contribution is -0.146. The standard InChI is InChI=1S/C53H85N9O8/c1-14-16-21-35(7)29-42-51(67)59(10)37(9)47(63)55-40(24-20-26-54)48(64)56-43(30-36(8)22-17-15-2)53(69)60(11)45(28-34(5)6)49(65)57-41(27-33(3)4)52(68)61(12)46(50(66)58-42)31-38-32-62(70-13)44-25-19-18-23-39(38)44/h18-19,23,25,32-37,40-43,45-46H,14-17,20-22,24,27-31H2,1-13H3,(H,55,63)(H,56,64)(H,57,65)(H,58,66)/t35-,36-,37+,40-,41+,42+,43+,45+,46+/m1/s1. The summed E-state index contributed by atoms with van der Waals surface area (Å²) in [6.45, 7) is 17.4. The molecule has 1 fully saturated rings. The van der Waals surface area contributed by atoms with Gasteiger partial charge in [-0.25, -0.2) is 0 Å². The van der Waals surface area contributed by atoms with Crippen LogP contribution in [-0.2, 0) is 40.0 Å². The lowest BCUT2D eigenvalue weighted by atomic mass is 9.94. The normalized spacial score (nSPS) is 23.9. The topological polar surface area (TPSA) is 215 Å². The Morgan fingerprint density at radius 1 is 0.629 bits per heavy atom. The second-order valence-corrected chi connectivity index (χ2v) is 20.6. The van der Waals surface area contributed by atoms with Crippen LogP contribution < -0.4 is 26.1 Å². The first-order chi connectivity index (χ1) is 33.1. The number of fused-ring (bicyclic) bond motifs is 1. The number of nitrogens with zero attached hydrogens (tertiary/aromatic N) is 5. The highest BCUT2D eigenvalue weighted by Gasteiger charge is 2.40. The van der Waals surface area contributed by atoms with Crippen molar-refractivity contribution in [2.24, 2.45) is 23.7 Å². The number of carbonyl (C=O) groups excluding carboxylic acids is 7. The van der Waals surface area contributed by atoms with Gasteiger partial charge in [0.05, 0.1) is 11.6 Å². The van der Waals surface area contributed by atoms with Gasteiger partial charge in [-0.1, -0.05) is 112 Å². The van der Waals surface area contributed by atoms with E-state index in [0.717, 1.165) is 49.4 Å². The van der Waals surface area contributed by atoms with E-state index in [1.807, 2.05) is 71.9 Å². The molecule has 70 heavy (non-hydrogen) atoms. The summed E-state index contributed by atoms with van der Waals surface area (Å²) in [5.41, 5.74) is 1.44. The molecule has 1 aliphatic rings. The molecule has 1 saturated heterocycles. The molecule has 17 nitrogen and oxygen atoms in total. The van der Waals surface area contributed by atoms with E-state index in [1.165, 1.54) is 49.9 Å². The van der Waals surface area contributed by atoms with E-state index in [4.69, 9.17) is 4.84 Å². The van der Waals surface area contributed by atoms with Gasteiger partial charge >= 0.3 is 0 Å². The molecule has 0 saturated carbocycles. The van der Waals surface area contributed by atoms with Gasteiger partial charge in [0.1, 0.15) is 49.4 Å². The predicted octanol–water partition coefficient (Wildman–Crippen LogP) is 5.52. The second-order valence-electron chi connectivity index (χ2n) is 20.6. The number of nitrogens with one attached hydrogen (secondary N) is 4. The fraction of sp³-hybridized carbons (Fsp3) is 0.698. The summed E-state index contributed by atoms with van der Waals surface area (Å²) in [7, 11) is 6.03. The third kappa shape index (κ3) is 16.5. The van der Waals surface area contributed by atoms with Crippen LogP contribution in [0.2, 0.25) is 0 Å². The van der Waals surface area contributed by atoms with Crippen molar-refractivity contribution in [1.82, 2.24) is 40.7 Å². The molecular formula is C53H85N9O8. The zero-order valence-electron chi connectivity index (χ0n) is 44.4. The van der Waals surface area contributed by atoms with Gasteiger partial charge in [0, 0.05) is 45.6 Å². The first-order valence-electron chi connectivity index (χ1n) is 25.6. The highest BCUT2D eigenvalue weighted by molar-refractivity contribution is 5.99. The smallest absolute Gasteiger partial charge is 0.245 e. The molecule has 1 aromatic heterocycles. The van der Waals surface area contributed by atoms with Gasteiger partial charge in [-0.05, 0) is 74.3 Å². The number of amides is 7. The Hall–Kier alpha value is -5.66. The monoisotopic (exact) mass is 976 g/mol. The summed E-state index contributed by atoms with van der Waals surface area (Å²) in [6, 6.07) is 1.53. The number of hydrogen-bond donors (Lipinski definition) is 4. The van der Waals surface area contributed by atoms with E-state index in [0.29, 0.717) is 5.56 Å². The van der Waals surface area contributed by atoms with Crippen molar-refractivity contribution < 1.29 is 38.4 Å². The average molecular weight is 976 g/mol. The van der Waals surface area contributed by atoms with Crippen molar-refractivity contribution in [2.75, 3.05) is 28.3 Å². The van der Waals surface area contributed by atoms with Gasteiger partial charge in [0.25, 0.3) is 0 Å². The lowest BCUT2D eigenvalue weighted by Crippen LogP contribution is -2.60. The number of rotatable bonds is 19. The molecular weight excluding hydrogens is 891 g/mol. The molecule has 0 radical (unpaired) electrons. The molecule has 3 rings (SSSR count). The van der Waals surface area contributed by atoms with Crippen LogP contribution in [0, 0.1) is 35.0 Å². The first-order valence-corrected chi connectivity index (χ1v) is 25.6. The first kappa shape index (κ1) is 58.7. The fourth-order valence-corrected chi connectivity index (χ4v) is 9.30. The van der Waals surface area contributed by atoms with Crippen LogP contribution in [0.5, 0.6) is 0 Å². The van der Waals surface area contributed by atoms with Gasteiger partial charge in [-0.3, -0.25) is 33.6 Å². The Bertz CT molecular complexity index is 2120. The van der Waals surface area contributed by atoms with Crippen molar-refractivity contribution in [3.05, 3.63) is 36.0 Å². The van der Waals surface area contributed by atoms with Crippen LogP contribution in [0.1, 0.15) is 145 Å². The molecule has 1 aromatic carbocycles. The van der Waals surface area contributed by atoms with Crippen LogP contribution in [0.4, 0.5) is 0 Å². The molecule has 0 aliphatic carbocycles. The number of nitriles is 1.